The summed E-state index contributed by atoms with van der Waals surface area (Å²) < 4.78 is 30.8. The van der Waals surface area contributed by atoms with Gasteiger partial charge in [0.15, 0.2) is 0 Å². The molecule has 1 heterocycles. The number of nitrogens with zero attached hydrogens (tertiary/aromatic N) is 2. The van der Waals surface area contributed by atoms with Gasteiger partial charge in [0, 0.05) is 38.3 Å². The van der Waals surface area contributed by atoms with Crippen LogP contribution in [-0.2, 0) is 16.6 Å². The number of ether oxygens (including phenoxy) is 1. The van der Waals surface area contributed by atoms with E-state index >= 15 is 0 Å². The second-order valence-electron chi connectivity index (χ2n) is 6.93. The lowest BCUT2D eigenvalue weighted by molar-refractivity contribution is 0.102. The van der Waals surface area contributed by atoms with Gasteiger partial charge in [0.1, 0.15) is 5.75 Å². The van der Waals surface area contributed by atoms with Crippen molar-refractivity contribution >= 4 is 21.6 Å². The first-order chi connectivity index (χ1) is 13.9. The number of amides is 1. The molecule has 1 aliphatic heterocycles. The number of carbonyl (C=O) groups is 1. The van der Waals surface area contributed by atoms with Crippen molar-refractivity contribution in [2.75, 3.05) is 44.4 Å². The molecule has 1 saturated heterocycles. The molecule has 0 saturated carbocycles. The summed E-state index contributed by atoms with van der Waals surface area (Å²) in [5.41, 5.74) is 2.21. The zero-order chi connectivity index (χ0) is 20.9. The summed E-state index contributed by atoms with van der Waals surface area (Å²) in [5.74, 6) is 0.545. The Balaban J connectivity index is 1.62. The van der Waals surface area contributed by atoms with E-state index in [2.05, 4.69) is 10.2 Å². The normalized spacial score (nSPS) is 15.8. The quantitative estimate of drug-likeness (QED) is 0.749. The van der Waals surface area contributed by atoms with Crippen molar-refractivity contribution in [2.45, 2.75) is 13.5 Å². The molecule has 7 nitrogen and oxygen atoms in total. The highest BCUT2D eigenvalue weighted by Gasteiger charge is 2.25. The number of benzene rings is 2. The predicted molar refractivity (Wildman–Crippen MR) is 114 cm³/mol. The van der Waals surface area contributed by atoms with Crippen LogP contribution < -0.4 is 10.1 Å². The molecular formula is C21H27N3O4S. The summed E-state index contributed by atoms with van der Waals surface area (Å²) in [7, 11) is -1.56. The van der Waals surface area contributed by atoms with Crippen LogP contribution >= 0.6 is 0 Å². The Morgan fingerprint density at radius 2 is 1.79 bits per heavy atom. The van der Waals surface area contributed by atoms with Crippen molar-refractivity contribution in [1.29, 1.82) is 0 Å². The number of anilines is 1. The lowest BCUT2D eigenvalue weighted by Gasteiger charge is -2.33. The highest BCUT2D eigenvalue weighted by Crippen LogP contribution is 2.24. The molecule has 29 heavy (non-hydrogen) atoms. The Hall–Kier alpha value is -2.42. The maximum Gasteiger partial charge on any atom is 0.255 e. The van der Waals surface area contributed by atoms with Crippen molar-refractivity contribution < 1.29 is 17.9 Å². The van der Waals surface area contributed by atoms with Gasteiger partial charge < -0.3 is 10.1 Å². The maximum atomic E-state index is 12.7. The predicted octanol–water partition coefficient (Wildman–Crippen LogP) is 2.41. The molecule has 1 aliphatic rings. The fourth-order valence-corrected chi connectivity index (χ4v) is 4.44. The molecule has 1 amide bonds. The number of carbonyl (C=O) groups excluding carboxylic acids is 1. The minimum absolute atomic E-state index is 0.135. The molecule has 156 valence electrons. The average molecular weight is 418 g/mol. The molecule has 0 atom stereocenters. The standard InChI is InChI=1S/C21H27N3O4S/c1-3-29(26,27)24-13-11-23(12-14-24)16-17-7-6-8-18(15-17)21(25)22-19-9-4-5-10-20(19)28-2/h4-10,15H,3,11-14,16H2,1-2H3,(H,22,25). The number of hydrogen-bond donors (Lipinski definition) is 1. The Labute approximate surface area is 172 Å². The summed E-state index contributed by atoms with van der Waals surface area (Å²) in [5, 5.41) is 2.89. The van der Waals surface area contributed by atoms with Crippen molar-refractivity contribution in [3.63, 3.8) is 0 Å². The first-order valence-electron chi connectivity index (χ1n) is 9.66. The summed E-state index contributed by atoms with van der Waals surface area (Å²) in [4.78, 5) is 14.9. The van der Waals surface area contributed by atoms with Gasteiger partial charge in [-0.2, -0.15) is 4.31 Å². The molecule has 0 radical (unpaired) electrons. The third kappa shape index (κ3) is 5.35. The molecule has 0 bridgehead atoms. The Bertz CT molecular complexity index is 954. The second kappa shape index (κ2) is 9.39. The fraction of sp³-hybridized carbons (Fsp3) is 0.381. The second-order valence-corrected chi connectivity index (χ2v) is 9.19. The summed E-state index contributed by atoms with van der Waals surface area (Å²) >= 11 is 0. The van der Waals surface area contributed by atoms with Crippen LogP contribution in [-0.4, -0.2) is 62.6 Å². The van der Waals surface area contributed by atoms with Crippen LogP contribution in [0.15, 0.2) is 48.5 Å². The molecule has 1 fully saturated rings. The van der Waals surface area contributed by atoms with E-state index < -0.39 is 10.0 Å². The van der Waals surface area contributed by atoms with Gasteiger partial charge in [0.2, 0.25) is 10.0 Å². The molecule has 0 spiro atoms. The molecular weight excluding hydrogens is 390 g/mol. The number of piperazine rings is 1. The maximum absolute atomic E-state index is 12.7. The molecule has 3 rings (SSSR count). The third-order valence-electron chi connectivity index (χ3n) is 5.04. The van der Waals surface area contributed by atoms with E-state index in [1.807, 2.05) is 30.3 Å². The van der Waals surface area contributed by atoms with E-state index in [-0.39, 0.29) is 11.7 Å². The van der Waals surface area contributed by atoms with E-state index in [0.717, 1.165) is 5.56 Å². The molecule has 1 N–H and O–H groups in total. The number of nitrogens with one attached hydrogen (secondary N) is 1. The van der Waals surface area contributed by atoms with Crippen molar-refractivity contribution in [3.05, 3.63) is 59.7 Å². The molecule has 0 aliphatic carbocycles. The molecule has 0 unspecified atom stereocenters. The number of rotatable bonds is 7. The zero-order valence-corrected chi connectivity index (χ0v) is 17.6. The van der Waals surface area contributed by atoms with E-state index in [1.54, 1.807) is 36.5 Å². The van der Waals surface area contributed by atoms with Gasteiger partial charge in [-0.15, -0.1) is 0 Å². The van der Waals surface area contributed by atoms with Gasteiger partial charge in [0.05, 0.1) is 18.6 Å². The van der Waals surface area contributed by atoms with Gasteiger partial charge in [-0.25, -0.2) is 8.42 Å². The molecule has 0 aromatic heterocycles. The first kappa shape index (κ1) is 21.3. The minimum Gasteiger partial charge on any atom is -0.495 e. The van der Waals surface area contributed by atoms with E-state index in [4.69, 9.17) is 4.74 Å². The number of hydrogen-bond acceptors (Lipinski definition) is 5. The highest BCUT2D eigenvalue weighted by atomic mass is 32.2. The summed E-state index contributed by atoms with van der Waals surface area (Å²) in [6, 6.07) is 14.8. The number of methoxy groups -OCH3 is 1. The van der Waals surface area contributed by atoms with Gasteiger partial charge in [-0.3, -0.25) is 9.69 Å². The molecule has 2 aromatic carbocycles. The van der Waals surface area contributed by atoms with E-state index in [0.29, 0.717) is 49.7 Å². The van der Waals surface area contributed by atoms with Crippen LogP contribution in [0.2, 0.25) is 0 Å². The third-order valence-corrected chi connectivity index (χ3v) is 6.92. The van der Waals surface area contributed by atoms with E-state index in [1.165, 1.54) is 0 Å². The zero-order valence-electron chi connectivity index (χ0n) is 16.8. The SMILES string of the molecule is CCS(=O)(=O)N1CCN(Cc2cccc(C(=O)Nc3ccccc3OC)c2)CC1. The summed E-state index contributed by atoms with van der Waals surface area (Å²) in [6.45, 7) is 4.71. The topological polar surface area (TPSA) is 79.0 Å². The van der Waals surface area contributed by atoms with E-state index in [9.17, 15) is 13.2 Å². The lowest BCUT2D eigenvalue weighted by atomic mass is 10.1. The first-order valence-corrected chi connectivity index (χ1v) is 11.3. The monoisotopic (exact) mass is 417 g/mol. The van der Waals surface area contributed by atoms with Gasteiger partial charge in [-0.1, -0.05) is 24.3 Å². The lowest BCUT2D eigenvalue weighted by Crippen LogP contribution is -2.48. The van der Waals surface area contributed by atoms with Crippen LogP contribution in [0.5, 0.6) is 5.75 Å². The van der Waals surface area contributed by atoms with Crippen molar-refractivity contribution in [2.24, 2.45) is 0 Å². The Kier molecular flexibility index (Phi) is 6.89. The fourth-order valence-electron chi connectivity index (χ4n) is 3.36. The minimum atomic E-state index is -3.13. The largest absolute Gasteiger partial charge is 0.495 e. The van der Waals surface area contributed by atoms with Crippen molar-refractivity contribution in [1.82, 2.24) is 9.21 Å². The van der Waals surface area contributed by atoms with Crippen LogP contribution in [0, 0.1) is 0 Å². The Morgan fingerprint density at radius 1 is 1.07 bits per heavy atom. The van der Waals surface area contributed by atoms with Crippen molar-refractivity contribution in [3.8, 4) is 5.75 Å². The average Bonchev–Trinajstić information content (AvgIpc) is 2.74. The van der Waals surface area contributed by atoms with Crippen LogP contribution in [0.4, 0.5) is 5.69 Å². The smallest absolute Gasteiger partial charge is 0.255 e. The van der Waals surface area contributed by atoms with Gasteiger partial charge in [-0.05, 0) is 36.8 Å². The highest BCUT2D eigenvalue weighted by molar-refractivity contribution is 7.89. The summed E-state index contributed by atoms with van der Waals surface area (Å²) in [6.07, 6.45) is 0. The number of para-hydroxylation sites is 2. The molecule has 2 aromatic rings. The van der Waals surface area contributed by atoms with Crippen LogP contribution in [0.1, 0.15) is 22.8 Å². The molecule has 8 heteroatoms. The van der Waals surface area contributed by atoms with Crippen LogP contribution in [0.3, 0.4) is 0 Å². The van der Waals surface area contributed by atoms with Gasteiger partial charge >= 0.3 is 0 Å². The van der Waals surface area contributed by atoms with Crippen LogP contribution in [0.25, 0.3) is 0 Å². The van der Waals surface area contributed by atoms with Gasteiger partial charge in [0.25, 0.3) is 5.91 Å². The Morgan fingerprint density at radius 3 is 2.48 bits per heavy atom. The number of sulfonamides is 1.